The molecule has 0 spiro atoms. The normalized spacial score (nSPS) is 14.5. The lowest BCUT2D eigenvalue weighted by Gasteiger charge is -2.12. The highest BCUT2D eigenvalue weighted by Crippen LogP contribution is 2.40. The van der Waals surface area contributed by atoms with E-state index in [1.807, 2.05) is 41.1 Å². The second-order valence-corrected chi connectivity index (χ2v) is 10.1. The molecule has 1 fully saturated rings. The van der Waals surface area contributed by atoms with Crippen LogP contribution in [0, 0.1) is 0 Å². The first kappa shape index (κ1) is 19.2. The van der Waals surface area contributed by atoms with Crippen LogP contribution in [0.4, 0.5) is 0 Å². The van der Waals surface area contributed by atoms with E-state index < -0.39 is 10.0 Å². The van der Waals surface area contributed by atoms with Crippen LogP contribution in [-0.4, -0.2) is 41.6 Å². The summed E-state index contributed by atoms with van der Waals surface area (Å²) < 4.78 is 27.8. The molecule has 1 aliphatic carbocycles. The Bertz CT molecular complexity index is 1070. The zero-order chi connectivity index (χ0) is 19.7. The van der Waals surface area contributed by atoms with Crippen LogP contribution in [0.5, 0.6) is 0 Å². The monoisotopic (exact) mass is 414 g/mol. The Morgan fingerprint density at radius 3 is 2.54 bits per heavy atom. The summed E-state index contributed by atoms with van der Waals surface area (Å²) in [4.78, 5) is 5.05. The molecular weight excluding hydrogens is 392 g/mol. The van der Waals surface area contributed by atoms with Crippen LogP contribution < -0.4 is 0 Å². The van der Waals surface area contributed by atoms with Crippen molar-refractivity contribution in [1.29, 1.82) is 0 Å². The Labute approximate surface area is 169 Å². The fourth-order valence-electron chi connectivity index (χ4n) is 2.89. The Morgan fingerprint density at radius 1 is 1.11 bits per heavy atom. The van der Waals surface area contributed by atoms with E-state index in [1.165, 1.54) is 30.2 Å². The maximum atomic E-state index is 12.3. The molecule has 0 atom stereocenters. The van der Waals surface area contributed by atoms with E-state index in [-0.39, 0.29) is 0 Å². The van der Waals surface area contributed by atoms with Gasteiger partial charge in [-0.2, -0.15) is 0 Å². The highest BCUT2D eigenvalue weighted by atomic mass is 32.2. The van der Waals surface area contributed by atoms with Crippen molar-refractivity contribution in [2.24, 2.45) is 0 Å². The molecule has 0 radical (unpaired) electrons. The predicted molar refractivity (Wildman–Crippen MR) is 110 cm³/mol. The average Bonchev–Trinajstić information content (AvgIpc) is 3.46. The molecule has 1 aliphatic rings. The molecule has 2 aromatic carbocycles. The third kappa shape index (κ3) is 3.99. The Morgan fingerprint density at radius 2 is 1.86 bits per heavy atom. The van der Waals surface area contributed by atoms with Gasteiger partial charge in [0.05, 0.1) is 10.6 Å². The van der Waals surface area contributed by atoms with Crippen molar-refractivity contribution in [2.45, 2.75) is 34.6 Å². The topological polar surface area (TPSA) is 68.1 Å². The minimum Gasteiger partial charge on any atom is -0.216 e. The molecule has 1 saturated carbocycles. The number of para-hydroxylation sites is 1. The molecule has 6 nitrogen and oxygen atoms in total. The van der Waals surface area contributed by atoms with Gasteiger partial charge in [0.2, 0.25) is 15.2 Å². The molecule has 0 aliphatic heterocycles. The summed E-state index contributed by atoms with van der Waals surface area (Å²) in [6.45, 7) is 0. The molecule has 0 unspecified atom stereocenters. The van der Waals surface area contributed by atoms with Crippen LogP contribution in [0.15, 0.2) is 64.6 Å². The van der Waals surface area contributed by atoms with Gasteiger partial charge in [-0.05, 0) is 42.7 Å². The van der Waals surface area contributed by atoms with Crippen molar-refractivity contribution in [3.63, 3.8) is 0 Å². The van der Waals surface area contributed by atoms with Gasteiger partial charge in [0, 0.05) is 25.8 Å². The zero-order valence-corrected chi connectivity index (χ0v) is 17.4. The SMILES string of the molecule is CN(C)S(=O)(=O)c1cccc(CSc2nc(C3CC3)n(-c3ccccc3)n2)c1. The number of rotatable bonds is 7. The molecule has 28 heavy (non-hydrogen) atoms. The highest BCUT2D eigenvalue weighted by Gasteiger charge is 2.30. The van der Waals surface area contributed by atoms with Crippen LogP contribution in [0.1, 0.15) is 30.1 Å². The molecule has 1 aromatic heterocycles. The summed E-state index contributed by atoms with van der Waals surface area (Å²) in [7, 11) is -0.359. The van der Waals surface area contributed by atoms with Gasteiger partial charge in [-0.1, -0.05) is 42.1 Å². The van der Waals surface area contributed by atoms with Crippen LogP contribution in [0.3, 0.4) is 0 Å². The van der Waals surface area contributed by atoms with Crippen molar-refractivity contribution in [1.82, 2.24) is 19.1 Å². The molecule has 8 heteroatoms. The second kappa shape index (κ2) is 7.69. The lowest BCUT2D eigenvalue weighted by Crippen LogP contribution is -2.22. The van der Waals surface area contributed by atoms with Gasteiger partial charge < -0.3 is 0 Å². The summed E-state index contributed by atoms with van der Waals surface area (Å²) in [6, 6.07) is 17.1. The first-order valence-corrected chi connectivity index (χ1v) is 11.5. The average molecular weight is 415 g/mol. The first-order chi connectivity index (χ1) is 13.4. The Kier molecular flexibility index (Phi) is 5.27. The smallest absolute Gasteiger partial charge is 0.216 e. The molecule has 0 amide bonds. The fourth-order valence-corrected chi connectivity index (χ4v) is 4.63. The third-order valence-electron chi connectivity index (χ3n) is 4.60. The molecule has 1 heterocycles. The van der Waals surface area contributed by atoms with Gasteiger partial charge in [-0.15, -0.1) is 5.10 Å². The van der Waals surface area contributed by atoms with E-state index in [1.54, 1.807) is 18.2 Å². The van der Waals surface area contributed by atoms with E-state index in [0.29, 0.717) is 21.7 Å². The van der Waals surface area contributed by atoms with Crippen molar-refractivity contribution in [2.75, 3.05) is 14.1 Å². The largest absolute Gasteiger partial charge is 0.242 e. The van der Waals surface area contributed by atoms with E-state index >= 15 is 0 Å². The van der Waals surface area contributed by atoms with Crippen molar-refractivity contribution in [3.8, 4) is 5.69 Å². The number of sulfonamides is 1. The van der Waals surface area contributed by atoms with Crippen LogP contribution in [0.2, 0.25) is 0 Å². The second-order valence-electron chi connectivity index (χ2n) is 7.00. The number of nitrogens with zero attached hydrogens (tertiary/aromatic N) is 4. The van der Waals surface area contributed by atoms with E-state index in [9.17, 15) is 8.42 Å². The number of hydrogen-bond donors (Lipinski definition) is 0. The standard InChI is InChI=1S/C20H22N4O2S2/c1-23(2)28(25,26)18-10-6-7-15(13-18)14-27-20-21-19(16-11-12-16)24(22-20)17-8-4-3-5-9-17/h3-10,13,16H,11-12,14H2,1-2H3. The third-order valence-corrected chi connectivity index (χ3v) is 7.32. The summed E-state index contributed by atoms with van der Waals surface area (Å²) in [5, 5.41) is 5.41. The van der Waals surface area contributed by atoms with Gasteiger partial charge in [0.1, 0.15) is 5.82 Å². The zero-order valence-electron chi connectivity index (χ0n) is 15.8. The van der Waals surface area contributed by atoms with Gasteiger partial charge in [-0.3, -0.25) is 0 Å². The van der Waals surface area contributed by atoms with Crippen LogP contribution in [0.25, 0.3) is 5.69 Å². The lowest BCUT2D eigenvalue weighted by molar-refractivity contribution is 0.520. The minimum atomic E-state index is -3.44. The predicted octanol–water partition coefficient (Wildman–Crippen LogP) is 3.69. The maximum Gasteiger partial charge on any atom is 0.242 e. The van der Waals surface area contributed by atoms with Crippen molar-refractivity contribution in [3.05, 3.63) is 66.0 Å². The number of thioether (sulfide) groups is 1. The minimum absolute atomic E-state index is 0.303. The summed E-state index contributed by atoms with van der Waals surface area (Å²) in [5.74, 6) is 2.10. The van der Waals surface area contributed by atoms with Crippen LogP contribution in [-0.2, 0) is 15.8 Å². The van der Waals surface area contributed by atoms with Gasteiger partial charge in [0.15, 0.2) is 0 Å². The molecule has 0 N–H and O–H groups in total. The first-order valence-electron chi connectivity index (χ1n) is 9.12. The summed E-state index contributed by atoms with van der Waals surface area (Å²) >= 11 is 1.52. The van der Waals surface area contributed by atoms with Crippen molar-refractivity contribution < 1.29 is 8.42 Å². The number of aromatic nitrogens is 3. The molecular formula is C20H22N4O2S2. The highest BCUT2D eigenvalue weighted by molar-refractivity contribution is 7.98. The van der Waals surface area contributed by atoms with Crippen molar-refractivity contribution >= 4 is 21.8 Å². The molecule has 3 aromatic rings. The van der Waals surface area contributed by atoms with Gasteiger partial charge >= 0.3 is 0 Å². The molecule has 146 valence electrons. The van der Waals surface area contributed by atoms with E-state index in [4.69, 9.17) is 10.1 Å². The van der Waals surface area contributed by atoms with Crippen LogP contribution >= 0.6 is 11.8 Å². The summed E-state index contributed by atoms with van der Waals surface area (Å²) in [6.07, 6.45) is 2.31. The maximum absolute atomic E-state index is 12.3. The van der Waals surface area contributed by atoms with Gasteiger partial charge in [0.25, 0.3) is 0 Å². The lowest BCUT2D eigenvalue weighted by atomic mass is 10.2. The molecule has 0 saturated heterocycles. The van der Waals surface area contributed by atoms with E-state index in [0.717, 1.165) is 29.9 Å². The summed E-state index contributed by atoms with van der Waals surface area (Å²) in [5.41, 5.74) is 1.94. The van der Waals surface area contributed by atoms with E-state index in [2.05, 4.69) is 0 Å². The Hall–Kier alpha value is -2.16. The fraction of sp³-hybridized carbons (Fsp3) is 0.300. The number of benzene rings is 2. The molecule has 4 rings (SSSR count). The van der Waals surface area contributed by atoms with Gasteiger partial charge in [-0.25, -0.2) is 22.4 Å². The molecule has 0 bridgehead atoms. The number of hydrogen-bond acceptors (Lipinski definition) is 5. The quantitative estimate of drug-likeness (QED) is 0.552. The Balaban J connectivity index is 1.55.